The van der Waals surface area contributed by atoms with Crippen LogP contribution in [0.3, 0.4) is 0 Å². The smallest absolute Gasteiger partial charge is 0.303 e. The van der Waals surface area contributed by atoms with E-state index in [0.29, 0.717) is 5.16 Å². The maximum atomic E-state index is 10.7. The lowest BCUT2D eigenvalue weighted by Gasteiger charge is -2.10. The number of thioether (sulfide) groups is 1. The van der Waals surface area contributed by atoms with Gasteiger partial charge in [-0.25, -0.2) is 4.98 Å². The van der Waals surface area contributed by atoms with Gasteiger partial charge in [0, 0.05) is 5.75 Å². The predicted octanol–water partition coefficient (Wildman–Crippen LogP) is 1.84. The molecule has 17 heavy (non-hydrogen) atoms. The van der Waals surface area contributed by atoms with Crippen LogP contribution in [0.5, 0.6) is 0 Å². The molecule has 1 aliphatic carbocycles. The molecule has 0 radical (unpaired) electrons. The molecule has 0 atom stereocenters. The average Bonchev–Trinajstić information content (AvgIpc) is 2.99. The molecule has 0 aromatic carbocycles. The summed E-state index contributed by atoms with van der Waals surface area (Å²) >= 11 is 1.51. The monoisotopic (exact) mass is 253 g/mol. The van der Waals surface area contributed by atoms with Crippen LogP contribution in [0.1, 0.15) is 30.7 Å². The minimum Gasteiger partial charge on any atom is -0.481 e. The summed E-state index contributed by atoms with van der Waals surface area (Å²) in [7, 11) is 0. The Hall–Kier alpha value is -1.17. The highest BCUT2D eigenvalue weighted by atomic mass is 32.2. The molecular formula is C11H15N3O2S. The van der Waals surface area contributed by atoms with Crippen LogP contribution in [0, 0.1) is 19.3 Å². The van der Waals surface area contributed by atoms with Gasteiger partial charge in [-0.15, -0.1) is 5.10 Å². The highest BCUT2D eigenvalue weighted by Gasteiger charge is 2.44. The molecule has 0 saturated heterocycles. The fraction of sp³-hybridized carbons (Fsp3) is 0.636. The van der Waals surface area contributed by atoms with E-state index in [1.807, 2.05) is 13.8 Å². The molecule has 92 valence electrons. The number of nitrogens with zero attached hydrogens (tertiary/aromatic N) is 3. The zero-order valence-corrected chi connectivity index (χ0v) is 10.8. The number of aryl methyl sites for hydroxylation is 2. The zero-order valence-electron chi connectivity index (χ0n) is 9.93. The Kier molecular flexibility index (Phi) is 3.33. The van der Waals surface area contributed by atoms with Gasteiger partial charge in [0.25, 0.3) is 0 Å². The van der Waals surface area contributed by atoms with E-state index < -0.39 is 5.97 Å². The summed E-state index contributed by atoms with van der Waals surface area (Å²) in [5.74, 6) is 0.0472. The molecule has 1 saturated carbocycles. The molecule has 0 amide bonds. The summed E-state index contributed by atoms with van der Waals surface area (Å²) in [6, 6.07) is 0. The lowest BCUT2D eigenvalue weighted by atomic mass is 10.1. The summed E-state index contributed by atoms with van der Waals surface area (Å²) in [6.07, 6.45) is 2.23. The maximum absolute atomic E-state index is 10.7. The van der Waals surface area contributed by atoms with Crippen LogP contribution >= 0.6 is 11.8 Å². The van der Waals surface area contributed by atoms with Gasteiger partial charge in [-0.05, 0) is 32.1 Å². The summed E-state index contributed by atoms with van der Waals surface area (Å²) < 4.78 is 0. The molecule has 2 rings (SSSR count). The lowest BCUT2D eigenvalue weighted by Crippen LogP contribution is -2.11. The lowest BCUT2D eigenvalue weighted by molar-refractivity contribution is -0.138. The van der Waals surface area contributed by atoms with Crippen molar-refractivity contribution >= 4 is 17.7 Å². The number of hydrogen-bond donors (Lipinski definition) is 1. The number of rotatable bonds is 5. The predicted molar refractivity (Wildman–Crippen MR) is 63.9 cm³/mol. The number of carboxylic acids is 1. The third-order valence-corrected chi connectivity index (χ3v) is 4.25. The van der Waals surface area contributed by atoms with Gasteiger partial charge in [-0.2, -0.15) is 5.10 Å². The minimum atomic E-state index is -0.720. The van der Waals surface area contributed by atoms with Gasteiger partial charge in [0.05, 0.1) is 17.8 Å². The molecule has 0 spiro atoms. The Balaban J connectivity index is 1.94. The quantitative estimate of drug-likeness (QED) is 0.807. The molecule has 1 aromatic heterocycles. The Bertz CT molecular complexity index is 446. The largest absolute Gasteiger partial charge is 0.481 e. The van der Waals surface area contributed by atoms with Crippen LogP contribution in [-0.2, 0) is 4.79 Å². The summed E-state index contributed by atoms with van der Waals surface area (Å²) in [6.45, 7) is 3.77. The van der Waals surface area contributed by atoms with Crippen LogP contribution in [0.25, 0.3) is 0 Å². The van der Waals surface area contributed by atoms with Crippen molar-refractivity contribution in [2.75, 3.05) is 5.75 Å². The van der Waals surface area contributed by atoms with Gasteiger partial charge < -0.3 is 5.11 Å². The Morgan fingerprint density at radius 1 is 1.35 bits per heavy atom. The van der Waals surface area contributed by atoms with Crippen LogP contribution in [0.4, 0.5) is 0 Å². The second-order valence-electron chi connectivity index (χ2n) is 4.62. The number of hydrogen-bond acceptors (Lipinski definition) is 5. The van der Waals surface area contributed by atoms with E-state index in [4.69, 9.17) is 5.11 Å². The first kappa shape index (κ1) is 12.3. The highest BCUT2D eigenvalue weighted by Crippen LogP contribution is 2.51. The minimum absolute atomic E-state index is 0.0291. The number of aromatic nitrogens is 3. The van der Waals surface area contributed by atoms with Crippen LogP contribution < -0.4 is 0 Å². The zero-order chi connectivity index (χ0) is 12.5. The highest BCUT2D eigenvalue weighted by molar-refractivity contribution is 7.99. The molecule has 0 unspecified atom stereocenters. The Morgan fingerprint density at radius 2 is 2.06 bits per heavy atom. The van der Waals surface area contributed by atoms with E-state index >= 15 is 0 Å². The van der Waals surface area contributed by atoms with Crippen molar-refractivity contribution in [3.63, 3.8) is 0 Å². The summed E-state index contributed by atoms with van der Waals surface area (Å²) in [5.41, 5.74) is 1.69. The first-order chi connectivity index (χ1) is 8.01. The molecular weight excluding hydrogens is 238 g/mol. The third kappa shape index (κ3) is 3.15. The van der Waals surface area contributed by atoms with Crippen molar-refractivity contribution < 1.29 is 9.90 Å². The van der Waals surface area contributed by atoms with E-state index in [1.54, 1.807) is 0 Å². The third-order valence-electron chi connectivity index (χ3n) is 3.06. The van der Waals surface area contributed by atoms with E-state index in [2.05, 4.69) is 15.2 Å². The van der Waals surface area contributed by atoms with Crippen molar-refractivity contribution in [1.82, 2.24) is 15.2 Å². The standard InChI is InChI=1S/C11H15N3O2S/c1-7-8(2)13-14-10(12-7)17-6-11(3-4-11)5-9(15)16/h3-6H2,1-2H3,(H,15,16). The maximum Gasteiger partial charge on any atom is 0.303 e. The first-order valence-corrected chi connectivity index (χ1v) is 6.52. The number of aliphatic carboxylic acids is 1. The van der Waals surface area contributed by atoms with Gasteiger partial charge in [-0.1, -0.05) is 11.8 Å². The molecule has 1 aliphatic rings. The average molecular weight is 253 g/mol. The fourth-order valence-electron chi connectivity index (χ4n) is 1.59. The molecule has 5 nitrogen and oxygen atoms in total. The molecule has 1 N–H and O–H groups in total. The fourth-order valence-corrected chi connectivity index (χ4v) is 2.71. The number of carbonyl (C=O) groups is 1. The van der Waals surface area contributed by atoms with Crippen LogP contribution in [0.2, 0.25) is 0 Å². The van der Waals surface area contributed by atoms with Crippen molar-refractivity contribution in [2.45, 2.75) is 38.3 Å². The van der Waals surface area contributed by atoms with Crippen molar-refractivity contribution in [3.8, 4) is 0 Å². The molecule has 6 heteroatoms. The second-order valence-corrected chi connectivity index (χ2v) is 5.57. The molecule has 1 fully saturated rings. The van der Waals surface area contributed by atoms with E-state index in [-0.39, 0.29) is 11.8 Å². The molecule has 0 aliphatic heterocycles. The Morgan fingerprint density at radius 3 is 2.59 bits per heavy atom. The SMILES string of the molecule is Cc1nnc(SCC2(CC(=O)O)CC2)nc1C. The van der Waals surface area contributed by atoms with Crippen molar-refractivity contribution in [2.24, 2.45) is 5.41 Å². The summed E-state index contributed by atoms with van der Waals surface area (Å²) in [5, 5.41) is 17.5. The van der Waals surface area contributed by atoms with E-state index in [1.165, 1.54) is 11.8 Å². The van der Waals surface area contributed by atoms with E-state index in [0.717, 1.165) is 30.0 Å². The molecule has 1 aromatic rings. The van der Waals surface area contributed by atoms with Crippen LogP contribution in [-0.4, -0.2) is 32.0 Å². The van der Waals surface area contributed by atoms with Gasteiger partial charge in [0.15, 0.2) is 0 Å². The van der Waals surface area contributed by atoms with Crippen molar-refractivity contribution in [3.05, 3.63) is 11.4 Å². The normalized spacial score (nSPS) is 16.8. The topological polar surface area (TPSA) is 76.0 Å². The van der Waals surface area contributed by atoms with Gasteiger partial charge >= 0.3 is 5.97 Å². The molecule has 1 heterocycles. The van der Waals surface area contributed by atoms with Gasteiger partial charge in [0.2, 0.25) is 5.16 Å². The molecule has 0 bridgehead atoms. The summed E-state index contributed by atoms with van der Waals surface area (Å²) in [4.78, 5) is 15.0. The van der Waals surface area contributed by atoms with Crippen molar-refractivity contribution in [1.29, 1.82) is 0 Å². The van der Waals surface area contributed by atoms with Gasteiger partial charge in [0.1, 0.15) is 0 Å². The first-order valence-electron chi connectivity index (χ1n) is 5.53. The Labute approximate surface area is 104 Å². The second kappa shape index (κ2) is 4.60. The van der Waals surface area contributed by atoms with Gasteiger partial charge in [-0.3, -0.25) is 4.79 Å². The van der Waals surface area contributed by atoms with E-state index in [9.17, 15) is 4.79 Å². The van der Waals surface area contributed by atoms with Crippen LogP contribution in [0.15, 0.2) is 5.16 Å². The number of carboxylic acid groups (broad SMARTS) is 1.